The number of methoxy groups -OCH3 is 1. The highest BCUT2D eigenvalue weighted by Gasteiger charge is 2.33. The lowest BCUT2D eigenvalue weighted by Crippen LogP contribution is -2.38. The number of benzene rings is 4. The van der Waals surface area contributed by atoms with Crippen molar-refractivity contribution in [1.82, 2.24) is 4.57 Å². The molecule has 45 heavy (non-hydrogen) atoms. The number of aromatic nitrogens is 1. The van der Waals surface area contributed by atoms with E-state index in [2.05, 4.69) is 46.9 Å². The quantitative estimate of drug-likeness (QED) is 0.175. The predicted molar refractivity (Wildman–Crippen MR) is 185 cm³/mol. The van der Waals surface area contributed by atoms with Crippen LogP contribution in [0, 0.1) is 14.9 Å². The first kappa shape index (κ1) is 29.5. The first-order valence-corrected chi connectivity index (χ1v) is 16.6. The van der Waals surface area contributed by atoms with Gasteiger partial charge < -0.3 is 9.47 Å². The summed E-state index contributed by atoms with van der Waals surface area (Å²) in [6.07, 6.45) is 3.56. The van der Waals surface area contributed by atoms with Crippen molar-refractivity contribution in [1.29, 1.82) is 5.26 Å². The number of halogens is 2. The fraction of sp³-hybridized carbons (Fsp3) is 0.139. The Kier molecular flexibility index (Phi) is 8.08. The lowest BCUT2D eigenvalue weighted by molar-refractivity contribution is 0.282. The second-order valence-corrected chi connectivity index (χ2v) is 13.3. The van der Waals surface area contributed by atoms with E-state index in [-0.39, 0.29) is 18.2 Å². The van der Waals surface area contributed by atoms with Gasteiger partial charge >= 0.3 is 0 Å². The molecule has 9 heteroatoms. The SMILES string of the molecule is COc1cc(/C=c2\sc3n(c2=O)[C@H](c2ccccc2Cl)C2=C(N=3)c3ccccc3CC2)cc(I)c1OCc1ccccc1C#N. The van der Waals surface area contributed by atoms with Gasteiger partial charge in [0.2, 0.25) is 0 Å². The molecule has 0 fully saturated rings. The summed E-state index contributed by atoms with van der Waals surface area (Å²) in [6.45, 7) is 0.226. The van der Waals surface area contributed by atoms with Crippen LogP contribution in [0.15, 0.2) is 100 Å². The van der Waals surface area contributed by atoms with E-state index in [4.69, 9.17) is 26.1 Å². The van der Waals surface area contributed by atoms with Crippen LogP contribution in [0.4, 0.5) is 0 Å². The van der Waals surface area contributed by atoms with Crippen molar-refractivity contribution in [3.8, 4) is 17.6 Å². The lowest BCUT2D eigenvalue weighted by Gasteiger charge is -2.31. The fourth-order valence-corrected chi connectivity index (χ4v) is 8.04. The molecule has 2 aliphatic rings. The second-order valence-electron chi connectivity index (χ2n) is 10.7. The highest BCUT2D eigenvalue weighted by molar-refractivity contribution is 14.1. The van der Waals surface area contributed by atoms with Gasteiger partial charge in [-0.05, 0) is 88.0 Å². The number of fused-ring (bicyclic) bond motifs is 3. The van der Waals surface area contributed by atoms with Gasteiger partial charge in [-0.15, -0.1) is 0 Å². The maximum atomic E-state index is 14.2. The van der Waals surface area contributed by atoms with Crippen molar-refractivity contribution in [2.24, 2.45) is 4.99 Å². The molecular formula is C36H25ClIN3O3S. The molecule has 0 spiro atoms. The zero-order valence-corrected chi connectivity index (χ0v) is 27.8. The van der Waals surface area contributed by atoms with Crippen molar-refractivity contribution >= 4 is 57.3 Å². The molecule has 0 radical (unpaired) electrons. The first-order chi connectivity index (χ1) is 22.0. The Labute approximate surface area is 282 Å². The number of hydrogen-bond donors (Lipinski definition) is 0. The molecule has 4 aromatic carbocycles. The van der Waals surface area contributed by atoms with Crippen LogP contribution < -0.4 is 24.4 Å². The highest BCUT2D eigenvalue weighted by Crippen LogP contribution is 2.42. The summed E-state index contributed by atoms with van der Waals surface area (Å²) >= 11 is 10.4. The Bertz CT molecular complexity index is 2250. The molecule has 1 aliphatic carbocycles. The molecule has 0 saturated carbocycles. The van der Waals surface area contributed by atoms with E-state index >= 15 is 0 Å². The van der Waals surface area contributed by atoms with Gasteiger partial charge in [0.25, 0.3) is 5.56 Å². The van der Waals surface area contributed by atoms with E-state index in [9.17, 15) is 10.1 Å². The van der Waals surface area contributed by atoms with Crippen LogP contribution in [0.25, 0.3) is 11.8 Å². The smallest absolute Gasteiger partial charge is 0.271 e. The van der Waals surface area contributed by atoms with Gasteiger partial charge in [-0.1, -0.05) is 83.6 Å². The third-order valence-corrected chi connectivity index (χ3v) is 10.3. The van der Waals surface area contributed by atoms with Crippen LogP contribution in [0.1, 0.15) is 45.8 Å². The molecule has 1 aromatic heterocycles. The summed E-state index contributed by atoms with van der Waals surface area (Å²) in [4.78, 5) is 19.9. The molecule has 0 amide bonds. The number of thiazole rings is 1. The van der Waals surface area contributed by atoms with E-state index in [0.717, 1.165) is 49.9 Å². The number of nitrogens with zero attached hydrogens (tertiary/aromatic N) is 3. The van der Waals surface area contributed by atoms with Gasteiger partial charge in [-0.3, -0.25) is 9.36 Å². The van der Waals surface area contributed by atoms with Crippen LogP contribution in [-0.4, -0.2) is 11.7 Å². The van der Waals surface area contributed by atoms with E-state index in [1.807, 2.05) is 66.7 Å². The number of allylic oxidation sites excluding steroid dienone is 1. The van der Waals surface area contributed by atoms with Crippen LogP contribution >= 0.6 is 45.5 Å². The monoisotopic (exact) mass is 741 g/mol. The highest BCUT2D eigenvalue weighted by atomic mass is 127. The van der Waals surface area contributed by atoms with Gasteiger partial charge in [0.05, 0.1) is 38.6 Å². The van der Waals surface area contributed by atoms with Crippen molar-refractivity contribution in [3.63, 3.8) is 0 Å². The maximum Gasteiger partial charge on any atom is 0.271 e. The first-order valence-electron chi connectivity index (χ1n) is 14.3. The van der Waals surface area contributed by atoms with E-state index in [1.165, 1.54) is 16.9 Å². The largest absolute Gasteiger partial charge is 0.493 e. The molecule has 0 unspecified atom stereocenters. The third kappa shape index (κ3) is 5.39. The molecule has 5 aromatic rings. The van der Waals surface area contributed by atoms with Gasteiger partial charge in [0.15, 0.2) is 16.3 Å². The second kappa shape index (κ2) is 12.3. The van der Waals surface area contributed by atoms with E-state index < -0.39 is 0 Å². The van der Waals surface area contributed by atoms with Crippen LogP contribution in [0.2, 0.25) is 5.02 Å². The normalized spacial score (nSPS) is 15.4. The summed E-state index contributed by atoms with van der Waals surface area (Å²) in [7, 11) is 1.59. The fourth-order valence-electron chi connectivity index (χ4n) is 6.02. The maximum absolute atomic E-state index is 14.2. The number of aryl methyl sites for hydroxylation is 1. The molecular weight excluding hydrogens is 717 g/mol. The van der Waals surface area contributed by atoms with Gasteiger partial charge in [0, 0.05) is 16.1 Å². The van der Waals surface area contributed by atoms with Crippen molar-refractivity contribution in [2.45, 2.75) is 25.5 Å². The molecule has 7 rings (SSSR count). The van der Waals surface area contributed by atoms with Gasteiger partial charge in [-0.2, -0.15) is 5.26 Å². The van der Waals surface area contributed by atoms with Crippen LogP contribution in [-0.2, 0) is 13.0 Å². The summed E-state index contributed by atoms with van der Waals surface area (Å²) in [6, 6.07) is 29.1. The Hall–Kier alpha value is -4.17. The minimum Gasteiger partial charge on any atom is -0.493 e. The lowest BCUT2D eigenvalue weighted by atomic mass is 9.83. The van der Waals surface area contributed by atoms with E-state index in [1.54, 1.807) is 17.7 Å². The Morgan fingerprint density at radius 3 is 2.69 bits per heavy atom. The Balaban J connectivity index is 1.33. The number of rotatable bonds is 6. The van der Waals surface area contributed by atoms with Gasteiger partial charge in [0.1, 0.15) is 6.61 Å². The Morgan fingerprint density at radius 1 is 1.09 bits per heavy atom. The van der Waals surface area contributed by atoms with Crippen molar-refractivity contribution in [2.75, 3.05) is 7.11 Å². The summed E-state index contributed by atoms with van der Waals surface area (Å²) in [5.41, 5.74) is 7.36. The number of hydrogen-bond acceptors (Lipinski definition) is 6. The Morgan fingerprint density at radius 2 is 1.87 bits per heavy atom. The third-order valence-electron chi connectivity index (χ3n) is 8.13. The summed E-state index contributed by atoms with van der Waals surface area (Å²) in [5, 5.41) is 10.1. The topological polar surface area (TPSA) is 76.6 Å². The molecule has 0 saturated heterocycles. The molecule has 2 heterocycles. The van der Waals surface area contributed by atoms with Crippen molar-refractivity contribution < 1.29 is 9.47 Å². The average molecular weight is 742 g/mol. The average Bonchev–Trinajstić information content (AvgIpc) is 3.37. The minimum absolute atomic E-state index is 0.114. The van der Waals surface area contributed by atoms with Crippen LogP contribution in [0.3, 0.4) is 0 Å². The van der Waals surface area contributed by atoms with Crippen LogP contribution in [0.5, 0.6) is 11.5 Å². The summed E-state index contributed by atoms with van der Waals surface area (Å²) in [5.74, 6) is 1.12. The molecule has 1 atom stereocenters. The number of nitriles is 1. The molecule has 0 N–H and O–H groups in total. The predicted octanol–water partition coefficient (Wildman–Crippen LogP) is 7.04. The van der Waals surface area contributed by atoms with E-state index in [0.29, 0.717) is 31.4 Å². The molecule has 6 nitrogen and oxygen atoms in total. The van der Waals surface area contributed by atoms with Gasteiger partial charge in [-0.25, -0.2) is 4.99 Å². The number of ether oxygens (including phenoxy) is 2. The zero-order chi connectivity index (χ0) is 31.1. The molecule has 0 bridgehead atoms. The van der Waals surface area contributed by atoms with Crippen molar-refractivity contribution in [3.05, 3.63) is 152 Å². The standard InChI is InChI=1S/C36H25ClIN3O3S/c1-43-30-17-21(16-29(38)34(30)44-20-24-10-3-2-9-23(24)19-39)18-31-35(42)41-33(26-12-6-7-13-28(26)37)27-15-14-22-8-4-5-11-25(22)32(27)40-36(41)45-31/h2-13,16-18,33H,14-15,20H2,1H3/b31-18-/t33-/m1/s1. The molecule has 1 aliphatic heterocycles. The minimum atomic E-state index is -0.345. The zero-order valence-electron chi connectivity index (χ0n) is 24.1. The molecule has 222 valence electrons. The summed E-state index contributed by atoms with van der Waals surface area (Å²) < 4.78 is 15.0.